The van der Waals surface area contributed by atoms with Gasteiger partial charge in [-0.2, -0.15) is 0 Å². The number of hydrogen-bond donors (Lipinski definition) is 1. The second kappa shape index (κ2) is 3.15. The molecule has 0 amide bonds. The molecular weight excluding hydrogens is 170 g/mol. The van der Waals surface area contributed by atoms with Crippen molar-refractivity contribution in [3.8, 4) is 0 Å². The Kier molecular flexibility index (Phi) is 2.15. The van der Waals surface area contributed by atoms with Crippen LogP contribution in [0.25, 0.3) is 0 Å². The summed E-state index contributed by atoms with van der Waals surface area (Å²) in [6, 6.07) is 0. The SMILES string of the molecule is Cc1nc(CC(O)C2CC2)cs1. The zero-order chi connectivity index (χ0) is 8.55. The van der Waals surface area contributed by atoms with E-state index in [1.165, 1.54) is 12.8 Å². The van der Waals surface area contributed by atoms with Gasteiger partial charge in [0.25, 0.3) is 0 Å². The second-order valence-corrected chi connectivity index (χ2v) is 4.53. The third-order valence-electron chi connectivity index (χ3n) is 2.25. The van der Waals surface area contributed by atoms with Gasteiger partial charge >= 0.3 is 0 Å². The van der Waals surface area contributed by atoms with Crippen LogP contribution in [-0.2, 0) is 6.42 Å². The van der Waals surface area contributed by atoms with Gasteiger partial charge in [0.2, 0.25) is 0 Å². The predicted octanol–water partition coefficient (Wildman–Crippen LogP) is 1.76. The van der Waals surface area contributed by atoms with Gasteiger partial charge in [-0.25, -0.2) is 4.98 Å². The maximum Gasteiger partial charge on any atom is 0.0897 e. The van der Waals surface area contributed by atoms with Crippen LogP contribution in [-0.4, -0.2) is 16.2 Å². The zero-order valence-electron chi connectivity index (χ0n) is 7.16. The Hall–Kier alpha value is -0.410. The minimum Gasteiger partial charge on any atom is -0.392 e. The summed E-state index contributed by atoms with van der Waals surface area (Å²) in [4.78, 5) is 4.32. The normalized spacial score (nSPS) is 19.5. The van der Waals surface area contributed by atoms with Gasteiger partial charge in [0.1, 0.15) is 0 Å². The lowest BCUT2D eigenvalue weighted by Gasteiger charge is -2.05. The first-order valence-corrected chi connectivity index (χ1v) is 5.23. The molecule has 1 unspecified atom stereocenters. The fourth-order valence-corrected chi connectivity index (χ4v) is 1.99. The van der Waals surface area contributed by atoms with E-state index in [4.69, 9.17) is 0 Å². The summed E-state index contributed by atoms with van der Waals surface area (Å²) in [6.45, 7) is 2.00. The quantitative estimate of drug-likeness (QED) is 0.774. The topological polar surface area (TPSA) is 33.1 Å². The highest BCUT2D eigenvalue weighted by molar-refractivity contribution is 7.09. The van der Waals surface area contributed by atoms with Gasteiger partial charge in [0, 0.05) is 11.8 Å². The molecule has 0 bridgehead atoms. The van der Waals surface area contributed by atoms with Gasteiger partial charge < -0.3 is 5.11 Å². The van der Waals surface area contributed by atoms with Crippen molar-refractivity contribution < 1.29 is 5.11 Å². The molecule has 1 aliphatic rings. The van der Waals surface area contributed by atoms with E-state index in [0.717, 1.165) is 17.1 Å². The lowest BCUT2D eigenvalue weighted by atomic mass is 10.1. The Morgan fingerprint density at radius 3 is 3.00 bits per heavy atom. The number of thiazole rings is 1. The molecule has 0 radical (unpaired) electrons. The molecular formula is C9H13NOS. The molecule has 0 aliphatic heterocycles. The van der Waals surface area contributed by atoms with Crippen LogP contribution in [0, 0.1) is 12.8 Å². The van der Waals surface area contributed by atoms with Crippen molar-refractivity contribution in [2.75, 3.05) is 0 Å². The molecule has 1 saturated carbocycles. The molecule has 0 spiro atoms. The summed E-state index contributed by atoms with van der Waals surface area (Å²) >= 11 is 1.66. The van der Waals surface area contributed by atoms with Crippen molar-refractivity contribution in [1.29, 1.82) is 0 Å². The number of hydrogen-bond acceptors (Lipinski definition) is 3. The van der Waals surface area contributed by atoms with E-state index in [0.29, 0.717) is 5.92 Å². The van der Waals surface area contributed by atoms with Crippen LogP contribution in [0.5, 0.6) is 0 Å². The van der Waals surface area contributed by atoms with Crippen molar-refractivity contribution in [2.45, 2.75) is 32.3 Å². The average Bonchev–Trinajstić information content (AvgIpc) is 2.78. The summed E-state index contributed by atoms with van der Waals surface area (Å²) in [5.74, 6) is 0.562. The van der Waals surface area contributed by atoms with Gasteiger partial charge in [0.15, 0.2) is 0 Å². The van der Waals surface area contributed by atoms with E-state index in [2.05, 4.69) is 4.98 Å². The van der Waals surface area contributed by atoms with Gasteiger partial charge in [-0.1, -0.05) is 0 Å². The van der Waals surface area contributed by atoms with Crippen molar-refractivity contribution in [3.05, 3.63) is 16.1 Å². The molecule has 66 valence electrons. The van der Waals surface area contributed by atoms with Crippen LogP contribution in [0.1, 0.15) is 23.5 Å². The Labute approximate surface area is 76.3 Å². The molecule has 1 N–H and O–H groups in total. The minimum absolute atomic E-state index is 0.147. The van der Waals surface area contributed by atoms with E-state index in [1.807, 2.05) is 12.3 Å². The number of nitrogens with zero attached hydrogens (tertiary/aromatic N) is 1. The lowest BCUT2D eigenvalue weighted by Crippen LogP contribution is -2.12. The fourth-order valence-electron chi connectivity index (χ4n) is 1.36. The summed E-state index contributed by atoms with van der Waals surface area (Å²) in [7, 11) is 0. The average molecular weight is 183 g/mol. The Bertz CT molecular complexity index is 267. The standard InChI is InChI=1S/C9H13NOS/c1-6-10-8(5-12-6)4-9(11)7-2-3-7/h5,7,9,11H,2-4H2,1H3. The molecule has 1 aliphatic carbocycles. The van der Waals surface area contributed by atoms with Crippen LogP contribution >= 0.6 is 11.3 Å². The smallest absolute Gasteiger partial charge is 0.0897 e. The molecule has 1 aromatic rings. The molecule has 0 aromatic carbocycles. The highest BCUT2D eigenvalue weighted by Crippen LogP contribution is 2.33. The van der Waals surface area contributed by atoms with Crippen LogP contribution in [0.4, 0.5) is 0 Å². The Balaban J connectivity index is 1.93. The first kappa shape index (κ1) is 8.20. The third kappa shape index (κ3) is 1.84. The largest absolute Gasteiger partial charge is 0.392 e. The number of aryl methyl sites for hydroxylation is 1. The molecule has 1 fully saturated rings. The van der Waals surface area contributed by atoms with Crippen molar-refractivity contribution in [2.24, 2.45) is 5.92 Å². The molecule has 2 rings (SSSR count). The number of rotatable bonds is 3. The maximum absolute atomic E-state index is 9.62. The van der Waals surface area contributed by atoms with Gasteiger partial charge in [-0.3, -0.25) is 0 Å². The zero-order valence-corrected chi connectivity index (χ0v) is 7.97. The van der Waals surface area contributed by atoms with E-state index in [-0.39, 0.29) is 6.10 Å². The summed E-state index contributed by atoms with van der Waals surface area (Å²) in [5, 5.41) is 12.7. The van der Waals surface area contributed by atoms with Gasteiger partial charge in [-0.15, -0.1) is 11.3 Å². The van der Waals surface area contributed by atoms with Crippen LogP contribution < -0.4 is 0 Å². The first-order chi connectivity index (χ1) is 5.75. The first-order valence-electron chi connectivity index (χ1n) is 4.35. The second-order valence-electron chi connectivity index (χ2n) is 3.47. The molecule has 0 saturated heterocycles. The minimum atomic E-state index is -0.147. The third-order valence-corrected chi connectivity index (χ3v) is 3.07. The highest BCUT2D eigenvalue weighted by atomic mass is 32.1. The van der Waals surface area contributed by atoms with E-state index in [9.17, 15) is 5.11 Å². The van der Waals surface area contributed by atoms with Gasteiger partial charge in [-0.05, 0) is 25.7 Å². The summed E-state index contributed by atoms with van der Waals surface area (Å²) in [5.41, 5.74) is 1.05. The van der Waals surface area contributed by atoms with Crippen molar-refractivity contribution in [3.63, 3.8) is 0 Å². The van der Waals surface area contributed by atoms with E-state index >= 15 is 0 Å². The summed E-state index contributed by atoms with van der Waals surface area (Å²) in [6.07, 6.45) is 3.00. The molecule has 2 nitrogen and oxygen atoms in total. The van der Waals surface area contributed by atoms with Crippen LogP contribution in [0.3, 0.4) is 0 Å². The van der Waals surface area contributed by atoms with Crippen LogP contribution in [0.15, 0.2) is 5.38 Å². The molecule has 12 heavy (non-hydrogen) atoms. The summed E-state index contributed by atoms with van der Waals surface area (Å²) < 4.78 is 0. The van der Waals surface area contributed by atoms with E-state index in [1.54, 1.807) is 11.3 Å². The molecule has 1 aromatic heterocycles. The van der Waals surface area contributed by atoms with Crippen molar-refractivity contribution in [1.82, 2.24) is 4.98 Å². The van der Waals surface area contributed by atoms with Crippen molar-refractivity contribution >= 4 is 11.3 Å². The number of aromatic nitrogens is 1. The molecule has 1 heterocycles. The number of aliphatic hydroxyl groups is 1. The Morgan fingerprint density at radius 1 is 1.75 bits per heavy atom. The number of aliphatic hydroxyl groups excluding tert-OH is 1. The molecule has 3 heteroatoms. The molecule has 1 atom stereocenters. The van der Waals surface area contributed by atoms with Gasteiger partial charge in [0.05, 0.1) is 16.8 Å². The lowest BCUT2D eigenvalue weighted by molar-refractivity contribution is 0.150. The van der Waals surface area contributed by atoms with E-state index < -0.39 is 0 Å². The predicted molar refractivity (Wildman–Crippen MR) is 49.3 cm³/mol. The highest BCUT2D eigenvalue weighted by Gasteiger charge is 2.29. The maximum atomic E-state index is 9.62. The monoisotopic (exact) mass is 183 g/mol. The fraction of sp³-hybridized carbons (Fsp3) is 0.667. The van der Waals surface area contributed by atoms with Crippen LogP contribution in [0.2, 0.25) is 0 Å². The Morgan fingerprint density at radius 2 is 2.50 bits per heavy atom.